The second kappa shape index (κ2) is 48.2. The Bertz CT molecular complexity index is 3740. The second-order valence-corrected chi connectivity index (χ2v) is 31.4. The summed E-state index contributed by atoms with van der Waals surface area (Å²) < 4.78 is 9.72. The van der Waals surface area contributed by atoms with Crippen molar-refractivity contribution in [2.24, 2.45) is 36.5 Å². The van der Waals surface area contributed by atoms with Crippen LogP contribution in [0.5, 0.6) is 5.75 Å². The molecule has 0 bridgehead atoms. The van der Waals surface area contributed by atoms with Gasteiger partial charge in [0, 0.05) is 44.5 Å². The van der Waals surface area contributed by atoms with Crippen LogP contribution < -0.4 is 69.3 Å². The fourth-order valence-electron chi connectivity index (χ4n) is 14.0. The number of esters is 1. The molecule has 118 heavy (non-hydrogen) atoms. The molecule has 3 unspecified atom stereocenters. The lowest BCUT2D eigenvalue weighted by atomic mass is 9.99. The molecule has 22 N–H and O–H groups in total. The van der Waals surface area contributed by atoms with Crippen molar-refractivity contribution in [3.63, 3.8) is 0 Å². The van der Waals surface area contributed by atoms with Gasteiger partial charge in [0.25, 0.3) is 0 Å². The molecule has 0 spiro atoms. The van der Waals surface area contributed by atoms with E-state index in [0.29, 0.717) is 23.3 Å². The minimum absolute atomic E-state index is 0.0115. The predicted octanol–water partition coefficient (Wildman–Crippen LogP) is -5.67. The molecule has 660 valence electrons. The number of amidine groups is 1. The molecule has 3 fully saturated rings. The summed E-state index contributed by atoms with van der Waals surface area (Å²) in [6.45, 7) is 8.67. The second-order valence-electron chi connectivity index (χ2n) is 31.4. The Kier molecular flexibility index (Phi) is 40.2. The van der Waals surface area contributed by atoms with Crippen LogP contribution in [0.2, 0.25) is 0 Å². The first kappa shape index (κ1) is 98.6. The third kappa shape index (κ3) is 31.1. The number of aliphatic hydroxyl groups excluding tert-OH is 7. The van der Waals surface area contributed by atoms with Gasteiger partial charge in [-0.25, -0.2) is 4.79 Å². The van der Waals surface area contributed by atoms with Gasteiger partial charge in [0.05, 0.1) is 81.2 Å². The highest BCUT2D eigenvalue weighted by Gasteiger charge is 2.49. The van der Waals surface area contributed by atoms with Crippen molar-refractivity contribution >= 4 is 88.6 Å². The van der Waals surface area contributed by atoms with Crippen LogP contribution in [0, 0.1) is 5.92 Å². The fourth-order valence-corrected chi connectivity index (χ4v) is 14.0. The number of aliphatic imine (C=N–C) groups is 1. The van der Waals surface area contributed by atoms with Gasteiger partial charge in [0.15, 0.2) is 13.2 Å². The van der Waals surface area contributed by atoms with Crippen molar-refractivity contribution in [3.8, 4) is 5.75 Å². The zero-order valence-electron chi connectivity index (χ0n) is 69.1. The van der Waals surface area contributed by atoms with Gasteiger partial charge < -0.3 is 120 Å². The average Bonchev–Trinajstić information content (AvgIpc) is 1.63. The standard InChI is InChI=1S/C78H125N17O23/c1-11-12-13-14-15-16-17-18-19-20-21-23-51-35-59(105)86-62(43(5)96)72(111)83-42(4)68(107)85-53(32-47-25-27-49(100)28-26-47)69(108)88-61(41(2)3)76(115)95-40-50(101)34-54(95)70(109)89-64(45(7)98)74(113)90-65(46(8)99)77(116)94-31-29-55(102)67(94)75(114)91-66(56(103)36-58(80)104)71(110)82-37-60(106)87-63(44(6)97)73(112)84-52(78(117)118-51)24-22-30-81-57(79)33-48-38-92(9)93(10)39-48/h25-28,38-39,41-46,50-56,61-67,96-99,101-103H,11-24,29-37,40H2,1-10H3,(H14-,79,80,81,82,83,84,85,86,87,88,89,90,91,100,104,105,106,107,108,109,110,111,112,113,114)/p+1/t42?,43-,44?,45-,46?,50-,51-,52-,53-,54+,55+,56+,61-,62+,63-,64+,65-,66+,67-/m1/s1. The highest BCUT2D eigenvalue weighted by molar-refractivity contribution is 6.00. The zero-order chi connectivity index (χ0) is 87.9. The van der Waals surface area contributed by atoms with Crippen molar-refractivity contribution in [2.45, 2.75) is 299 Å². The number of carbonyl (C=O) groups excluding carboxylic acids is 14. The number of rotatable bonds is 28. The SMILES string of the molecule is CCCCCCCCCCCCC[C@@H]1CC(=O)N[C@@H]([C@@H](C)O)C(=O)NC(C)C(=O)N[C@H](Cc2ccc(O)cc2)C(=O)N[C@H](C(C)C)C(=O)N2C[C@H](O)C[C@H]2C(=O)N[C@@H]([C@@H](C)O)C(=O)N[C@H](C(C)O)C(=O)N2CC[C@H](O)[C@@H]2C(=O)N[C@@H]([C@@H](O)CC(N)=O)C(=O)NCC(=O)N[C@H](C(C)O)C(=O)N[C@H](CCCN=C(N)Cc2cn(C)[n+](C)c2)C(=O)O1. The number of unbranched alkanes of at least 4 members (excludes halogenated alkanes) is 10. The number of benzene rings is 1. The Morgan fingerprint density at radius 2 is 1.11 bits per heavy atom. The number of nitrogens with one attached hydrogen (secondary N) is 10. The van der Waals surface area contributed by atoms with Gasteiger partial charge in [-0.3, -0.25) is 67.3 Å². The summed E-state index contributed by atoms with van der Waals surface area (Å²) in [4.78, 5) is 206. The minimum Gasteiger partial charge on any atom is -0.508 e. The number of carbonyl (C=O) groups is 14. The first-order chi connectivity index (χ1) is 55.6. The number of aromatic nitrogens is 2. The van der Waals surface area contributed by atoms with E-state index in [2.05, 4.69) is 65.1 Å². The number of aliphatic hydroxyl groups is 7. The number of phenols is 1. The van der Waals surface area contributed by atoms with Crippen LogP contribution in [-0.4, -0.2) is 285 Å². The van der Waals surface area contributed by atoms with E-state index >= 15 is 0 Å². The lowest BCUT2D eigenvalue weighted by Gasteiger charge is -2.34. The molecule has 4 heterocycles. The van der Waals surface area contributed by atoms with Crippen LogP contribution in [0.25, 0.3) is 0 Å². The number of amides is 13. The molecule has 3 saturated heterocycles. The molecule has 40 nitrogen and oxygen atoms in total. The summed E-state index contributed by atoms with van der Waals surface area (Å²) in [5, 5.41) is 112. The molecule has 19 atom stereocenters. The summed E-state index contributed by atoms with van der Waals surface area (Å²) in [5.41, 5.74) is 12.9. The summed E-state index contributed by atoms with van der Waals surface area (Å²) in [5.74, 6) is -17.1. The van der Waals surface area contributed by atoms with E-state index in [4.69, 9.17) is 16.2 Å². The van der Waals surface area contributed by atoms with Gasteiger partial charge in [0.2, 0.25) is 76.8 Å². The maximum absolute atomic E-state index is 14.8. The van der Waals surface area contributed by atoms with Gasteiger partial charge in [-0.2, -0.15) is 4.68 Å². The molecule has 3 aliphatic rings. The third-order valence-electron chi connectivity index (χ3n) is 20.8. The Hall–Kier alpha value is -10.0. The number of aromatic hydroxyl groups is 1. The lowest BCUT2D eigenvalue weighted by molar-refractivity contribution is -0.751. The third-order valence-corrected chi connectivity index (χ3v) is 20.8. The smallest absolute Gasteiger partial charge is 0.328 e. The number of cyclic esters (lactones) is 1. The van der Waals surface area contributed by atoms with Crippen molar-refractivity contribution in [3.05, 3.63) is 47.8 Å². The normalized spacial score (nSPS) is 26.9. The summed E-state index contributed by atoms with van der Waals surface area (Å²) >= 11 is 0. The number of nitrogens with zero attached hydrogens (tertiary/aromatic N) is 5. The lowest BCUT2D eigenvalue weighted by Crippen LogP contribution is -2.64. The van der Waals surface area contributed by atoms with Crippen LogP contribution >= 0.6 is 0 Å². The van der Waals surface area contributed by atoms with Gasteiger partial charge in [0.1, 0.15) is 78.3 Å². The van der Waals surface area contributed by atoms with Crippen LogP contribution in [0.3, 0.4) is 0 Å². The van der Waals surface area contributed by atoms with Crippen molar-refractivity contribution < 1.29 is 117 Å². The molecule has 3 aliphatic heterocycles. The van der Waals surface area contributed by atoms with Crippen LogP contribution in [-0.2, 0) is 98.8 Å². The predicted molar refractivity (Wildman–Crippen MR) is 423 cm³/mol. The number of ether oxygens (including phenoxy) is 1. The molecule has 0 aliphatic carbocycles. The van der Waals surface area contributed by atoms with E-state index in [-0.39, 0.29) is 56.7 Å². The maximum Gasteiger partial charge on any atom is 0.328 e. The van der Waals surface area contributed by atoms with Crippen LogP contribution in [0.15, 0.2) is 41.7 Å². The summed E-state index contributed by atoms with van der Waals surface area (Å²) in [7, 11) is 3.64. The molecular weight excluding hydrogens is 1540 g/mol. The molecule has 40 heteroatoms. The van der Waals surface area contributed by atoms with E-state index in [1.54, 1.807) is 0 Å². The summed E-state index contributed by atoms with van der Waals surface area (Å²) in [6, 6.07) is -14.6. The van der Waals surface area contributed by atoms with E-state index < -0.39 is 243 Å². The topological polar surface area (TPSA) is 610 Å². The highest BCUT2D eigenvalue weighted by Crippen LogP contribution is 2.25. The maximum atomic E-state index is 14.8. The molecule has 2 aromatic rings. The monoisotopic (exact) mass is 1670 g/mol. The Balaban J connectivity index is 1.57. The van der Waals surface area contributed by atoms with Crippen LogP contribution in [0.1, 0.15) is 182 Å². The molecule has 13 amide bonds. The minimum atomic E-state index is -2.24. The van der Waals surface area contributed by atoms with Gasteiger partial charge >= 0.3 is 5.97 Å². The quantitative estimate of drug-likeness (QED) is 0.0124. The van der Waals surface area contributed by atoms with E-state index in [9.17, 15) is 108 Å². The highest BCUT2D eigenvalue weighted by atomic mass is 16.5. The molecule has 0 saturated carbocycles. The fraction of sp³-hybridized carbons (Fsp3) is 0.692. The van der Waals surface area contributed by atoms with E-state index in [1.165, 1.54) is 52.0 Å². The first-order valence-electron chi connectivity index (χ1n) is 40.6. The number of nitrogens with two attached hydrogens (primary N) is 2. The van der Waals surface area contributed by atoms with E-state index in [0.717, 1.165) is 89.0 Å². The van der Waals surface area contributed by atoms with Gasteiger partial charge in [-0.05, 0) is 90.3 Å². The number of aryl methyl sites for hydroxylation is 2. The van der Waals surface area contributed by atoms with Crippen molar-refractivity contribution in [1.29, 1.82) is 0 Å². The van der Waals surface area contributed by atoms with E-state index in [1.807, 2.05) is 35.9 Å². The number of fused-ring (bicyclic) bond motifs is 2. The Labute approximate surface area is 686 Å². The molecule has 1 aromatic heterocycles. The van der Waals surface area contributed by atoms with Crippen LogP contribution in [0.4, 0.5) is 0 Å². The summed E-state index contributed by atoms with van der Waals surface area (Å²) in [6.07, 6.45) is -2.55. The van der Waals surface area contributed by atoms with Crippen molar-refractivity contribution in [2.75, 3.05) is 26.2 Å². The molecular formula is C78H126N17O23+. The Morgan fingerprint density at radius 3 is 1.68 bits per heavy atom. The van der Waals surface area contributed by atoms with Gasteiger partial charge in [-0.1, -0.05) is 97.1 Å². The first-order valence-corrected chi connectivity index (χ1v) is 40.6. The zero-order valence-corrected chi connectivity index (χ0v) is 69.1. The number of phenolic OH excluding ortho intramolecular Hbond substituents is 1. The molecule has 0 radical (unpaired) electrons. The van der Waals surface area contributed by atoms with Crippen molar-refractivity contribution in [1.82, 2.24) is 67.6 Å². The number of hydrogen-bond donors (Lipinski definition) is 20. The number of primary amides is 1. The largest absolute Gasteiger partial charge is 0.508 e. The Morgan fingerprint density at radius 1 is 0.585 bits per heavy atom. The average molecular weight is 1670 g/mol. The number of hydrogen-bond acceptors (Lipinski definition) is 24. The molecule has 1 aromatic carbocycles. The molecule has 5 rings (SSSR count). The van der Waals surface area contributed by atoms with Gasteiger partial charge in [-0.15, -0.1) is 4.68 Å².